The summed E-state index contributed by atoms with van der Waals surface area (Å²) < 4.78 is 0. The first-order chi connectivity index (χ1) is 7.93. The molecule has 1 N–H and O–H groups in total. The number of hydrogen-bond donors (Lipinski definition) is 1. The third-order valence-corrected chi connectivity index (χ3v) is 3.76. The van der Waals surface area contributed by atoms with Gasteiger partial charge in [-0.2, -0.15) is 0 Å². The number of aromatic nitrogens is 2. The maximum atomic E-state index is 4.33. The number of aryl methyl sites for hydroxylation is 1. The number of hydrogen-bond acceptors (Lipinski definition) is 4. The lowest BCUT2D eigenvalue weighted by molar-refractivity contribution is 0.899. The highest BCUT2D eigenvalue weighted by Gasteiger charge is 2.16. The summed E-state index contributed by atoms with van der Waals surface area (Å²) in [5, 5.41) is 5.51. The van der Waals surface area contributed by atoms with Crippen molar-refractivity contribution >= 4 is 17.2 Å². The number of fused-ring (bicyclic) bond motifs is 1. The molecule has 1 aliphatic carbocycles. The molecule has 0 atom stereocenters. The standard InChI is InChI=1S/C12H13N3S/c1-4-10-11(5-1)14-8-15-12(10)13-7-9-3-2-6-16-9/h2-3,6,8H,1,4-5,7H2,(H,13,14,15). The van der Waals surface area contributed by atoms with Crippen LogP contribution in [0.5, 0.6) is 0 Å². The van der Waals surface area contributed by atoms with Crippen LogP contribution in [0, 0.1) is 0 Å². The molecule has 3 nitrogen and oxygen atoms in total. The third-order valence-electron chi connectivity index (χ3n) is 2.89. The van der Waals surface area contributed by atoms with E-state index in [1.54, 1.807) is 17.7 Å². The normalized spacial score (nSPS) is 13.8. The van der Waals surface area contributed by atoms with Crippen LogP contribution in [-0.4, -0.2) is 9.97 Å². The summed E-state index contributed by atoms with van der Waals surface area (Å²) in [5.74, 6) is 1.02. The average Bonchev–Trinajstić information content (AvgIpc) is 2.97. The molecule has 0 aliphatic heterocycles. The molecule has 0 radical (unpaired) electrons. The molecule has 2 heterocycles. The van der Waals surface area contributed by atoms with Crippen molar-refractivity contribution in [3.05, 3.63) is 40.0 Å². The molecule has 82 valence electrons. The molecular weight excluding hydrogens is 218 g/mol. The van der Waals surface area contributed by atoms with Crippen molar-refractivity contribution in [3.8, 4) is 0 Å². The Bertz CT molecular complexity index is 479. The molecule has 16 heavy (non-hydrogen) atoms. The van der Waals surface area contributed by atoms with Gasteiger partial charge in [-0.3, -0.25) is 0 Å². The number of rotatable bonds is 3. The zero-order valence-electron chi connectivity index (χ0n) is 8.94. The first kappa shape index (κ1) is 9.78. The highest BCUT2D eigenvalue weighted by atomic mass is 32.1. The summed E-state index contributed by atoms with van der Waals surface area (Å²) in [6, 6.07) is 4.21. The van der Waals surface area contributed by atoms with Crippen LogP contribution in [0.1, 0.15) is 22.6 Å². The summed E-state index contributed by atoms with van der Waals surface area (Å²) in [5.41, 5.74) is 2.54. The fourth-order valence-corrected chi connectivity index (χ4v) is 2.74. The van der Waals surface area contributed by atoms with Crippen LogP contribution in [0.25, 0.3) is 0 Å². The third kappa shape index (κ3) is 1.80. The minimum atomic E-state index is 0.862. The van der Waals surface area contributed by atoms with Crippen LogP contribution in [0.2, 0.25) is 0 Å². The van der Waals surface area contributed by atoms with E-state index in [0.29, 0.717) is 0 Å². The van der Waals surface area contributed by atoms with Crippen molar-refractivity contribution in [3.63, 3.8) is 0 Å². The van der Waals surface area contributed by atoms with Crippen LogP contribution in [0.4, 0.5) is 5.82 Å². The zero-order chi connectivity index (χ0) is 10.8. The van der Waals surface area contributed by atoms with Gasteiger partial charge in [0.15, 0.2) is 0 Å². The van der Waals surface area contributed by atoms with E-state index < -0.39 is 0 Å². The van der Waals surface area contributed by atoms with Gasteiger partial charge in [0, 0.05) is 16.1 Å². The maximum absolute atomic E-state index is 4.33. The van der Waals surface area contributed by atoms with Crippen molar-refractivity contribution in [1.82, 2.24) is 9.97 Å². The lowest BCUT2D eigenvalue weighted by Crippen LogP contribution is -2.04. The van der Waals surface area contributed by atoms with Gasteiger partial charge in [-0.25, -0.2) is 9.97 Å². The van der Waals surface area contributed by atoms with Crippen LogP contribution in [0.15, 0.2) is 23.8 Å². The minimum absolute atomic E-state index is 0.862. The molecular formula is C12H13N3S. The predicted octanol–water partition coefficient (Wildman–Crippen LogP) is 2.64. The van der Waals surface area contributed by atoms with Gasteiger partial charge in [0.2, 0.25) is 0 Å². The van der Waals surface area contributed by atoms with Crippen molar-refractivity contribution < 1.29 is 0 Å². The van der Waals surface area contributed by atoms with Crippen LogP contribution >= 0.6 is 11.3 Å². The monoisotopic (exact) mass is 231 g/mol. The highest BCUT2D eigenvalue weighted by Crippen LogP contribution is 2.25. The smallest absolute Gasteiger partial charge is 0.133 e. The van der Waals surface area contributed by atoms with Crippen molar-refractivity contribution in [2.24, 2.45) is 0 Å². The lowest BCUT2D eigenvalue weighted by Gasteiger charge is -2.08. The lowest BCUT2D eigenvalue weighted by atomic mass is 10.2. The molecule has 3 rings (SSSR count). The molecule has 0 spiro atoms. The van der Waals surface area contributed by atoms with E-state index in [4.69, 9.17) is 0 Å². The molecule has 0 unspecified atom stereocenters. The van der Waals surface area contributed by atoms with Crippen LogP contribution in [0.3, 0.4) is 0 Å². The van der Waals surface area contributed by atoms with Gasteiger partial charge in [-0.15, -0.1) is 11.3 Å². The average molecular weight is 231 g/mol. The Morgan fingerprint density at radius 3 is 3.19 bits per heavy atom. The van der Waals surface area contributed by atoms with Gasteiger partial charge in [0.05, 0.1) is 6.54 Å². The number of nitrogens with one attached hydrogen (secondary N) is 1. The second-order valence-corrected chi connectivity index (χ2v) is 4.97. The van der Waals surface area contributed by atoms with Gasteiger partial charge in [-0.05, 0) is 30.7 Å². The molecule has 4 heteroatoms. The first-order valence-electron chi connectivity index (χ1n) is 5.52. The highest BCUT2D eigenvalue weighted by molar-refractivity contribution is 7.09. The molecule has 0 bridgehead atoms. The summed E-state index contributed by atoms with van der Waals surface area (Å²) in [6.45, 7) is 0.862. The summed E-state index contributed by atoms with van der Waals surface area (Å²) >= 11 is 1.77. The largest absolute Gasteiger partial charge is 0.365 e. The molecule has 2 aromatic rings. The van der Waals surface area contributed by atoms with Gasteiger partial charge in [-0.1, -0.05) is 6.07 Å². The van der Waals surface area contributed by atoms with Gasteiger partial charge in [0.25, 0.3) is 0 Å². The number of anilines is 1. The summed E-state index contributed by atoms with van der Waals surface area (Å²) in [4.78, 5) is 9.99. The molecule has 0 saturated carbocycles. The second-order valence-electron chi connectivity index (χ2n) is 3.93. The molecule has 0 fully saturated rings. The molecule has 0 amide bonds. The predicted molar refractivity (Wildman–Crippen MR) is 65.7 cm³/mol. The maximum Gasteiger partial charge on any atom is 0.133 e. The van der Waals surface area contributed by atoms with Crippen LogP contribution in [-0.2, 0) is 19.4 Å². The molecule has 1 aliphatic rings. The van der Waals surface area contributed by atoms with E-state index in [2.05, 4.69) is 32.8 Å². The Labute approximate surface area is 98.6 Å². The minimum Gasteiger partial charge on any atom is -0.365 e. The van der Waals surface area contributed by atoms with Crippen molar-refractivity contribution in [1.29, 1.82) is 0 Å². The Kier molecular flexibility index (Phi) is 2.58. The SMILES string of the molecule is c1csc(CNc2ncnc3c2CCC3)c1. The topological polar surface area (TPSA) is 37.8 Å². The van der Waals surface area contributed by atoms with Crippen molar-refractivity contribution in [2.75, 3.05) is 5.32 Å². The fourth-order valence-electron chi connectivity index (χ4n) is 2.10. The van der Waals surface area contributed by atoms with E-state index in [9.17, 15) is 0 Å². The van der Waals surface area contributed by atoms with Crippen molar-refractivity contribution in [2.45, 2.75) is 25.8 Å². The Balaban J connectivity index is 1.78. The first-order valence-corrected chi connectivity index (χ1v) is 6.40. The summed E-state index contributed by atoms with van der Waals surface area (Å²) in [6.07, 6.45) is 5.09. The molecule has 0 aromatic carbocycles. The molecule has 2 aromatic heterocycles. The van der Waals surface area contributed by atoms with Gasteiger partial charge < -0.3 is 5.32 Å². The van der Waals surface area contributed by atoms with E-state index in [-0.39, 0.29) is 0 Å². The zero-order valence-corrected chi connectivity index (χ0v) is 9.76. The van der Waals surface area contributed by atoms with E-state index in [0.717, 1.165) is 25.2 Å². The number of nitrogens with zero attached hydrogens (tertiary/aromatic N) is 2. The Morgan fingerprint density at radius 1 is 1.31 bits per heavy atom. The Hall–Kier alpha value is -1.42. The van der Waals surface area contributed by atoms with Gasteiger partial charge in [0.1, 0.15) is 12.1 Å². The second kappa shape index (κ2) is 4.22. The van der Waals surface area contributed by atoms with E-state index >= 15 is 0 Å². The quantitative estimate of drug-likeness (QED) is 0.882. The molecule has 0 saturated heterocycles. The van der Waals surface area contributed by atoms with E-state index in [1.807, 2.05) is 0 Å². The van der Waals surface area contributed by atoms with Crippen LogP contribution < -0.4 is 5.32 Å². The van der Waals surface area contributed by atoms with Gasteiger partial charge >= 0.3 is 0 Å². The fraction of sp³-hybridized carbons (Fsp3) is 0.333. The number of thiophene rings is 1. The van der Waals surface area contributed by atoms with E-state index in [1.165, 1.54) is 22.6 Å². The Morgan fingerprint density at radius 2 is 2.31 bits per heavy atom. The summed E-state index contributed by atoms with van der Waals surface area (Å²) in [7, 11) is 0.